The molecule has 92 valence electrons. The maximum Gasteiger partial charge on any atom is 0.121 e. The van der Waals surface area contributed by atoms with Gasteiger partial charge in [-0.3, -0.25) is 0 Å². The Kier molecular flexibility index (Phi) is 2.46. The molecule has 0 bridgehead atoms. The molecule has 0 amide bonds. The van der Waals surface area contributed by atoms with Crippen LogP contribution in [-0.4, -0.2) is 36.8 Å². The summed E-state index contributed by atoms with van der Waals surface area (Å²) in [6, 6.07) is 8.41. The van der Waals surface area contributed by atoms with E-state index in [4.69, 9.17) is 4.74 Å². The molecule has 0 unspecified atom stereocenters. The normalized spacial score (nSPS) is 17.1. The number of rotatable bonds is 3. The molecule has 1 fully saturated rings. The number of H-pyrrole nitrogens is 1. The first kappa shape index (κ1) is 11.1. The fourth-order valence-corrected chi connectivity index (χ4v) is 2.25. The molecule has 0 atom stereocenters. The molecule has 0 radical (unpaired) electrons. The molecule has 1 aromatic carbocycles. The number of hydrogen-bond acceptors (Lipinski definition) is 4. The fraction of sp³-hybridized carbons (Fsp3) is 0.385. The second-order valence-corrected chi connectivity index (χ2v) is 4.84. The zero-order valence-electron chi connectivity index (χ0n) is 10.2. The number of aromatic amines is 1. The first-order valence-electron chi connectivity index (χ1n) is 5.86. The minimum atomic E-state index is -0.350. The molecule has 1 aromatic heterocycles. The molecule has 5 heteroatoms. The van der Waals surface area contributed by atoms with Crippen molar-refractivity contribution in [1.29, 1.82) is 5.26 Å². The number of nitrogens with zero attached hydrogens (tertiary/aromatic N) is 3. The number of benzene rings is 1. The van der Waals surface area contributed by atoms with E-state index < -0.39 is 0 Å². The number of ether oxygens (including phenoxy) is 1. The van der Waals surface area contributed by atoms with Gasteiger partial charge in [-0.05, 0) is 18.2 Å². The summed E-state index contributed by atoms with van der Waals surface area (Å²) in [5.41, 5.74) is 2.69. The van der Waals surface area contributed by atoms with Crippen LogP contribution in [0, 0.1) is 16.7 Å². The van der Waals surface area contributed by atoms with Crippen LogP contribution in [0.1, 0.15) is 0 Å². The third kappa shape index (κ3) is 1.71. The van der Waals surface area contributed by atoms with E-state index in [1.54, 1.807) is 6.33 Å². The van der Waals surface area contributed by atoms with Crippen LogP contribution in [-0.2, 0) is 4.74 Å². The fourth-order valence-electron chi connectivity index (χ4n) is 2.25. The molecule has 0 spiro atoms. The molecule has 18 heavy (non-hydrogen) atoms. The summed E-state index contributed by atoms with van der Waals surface area (Å²) < 4.78 is 5.16. The summed E-state index contributed by atoms with van der Waals surface area (Å²) in [7, 11) is 1.99. The van der Waals surface area contributed by atoms with Crippen LogP contribution in [0.2, 0.25) is 0 Å². The van der Waals surface area contributed by atoms with E-state index in [1.165, 1.54) is 0 Å². The van der Waals surface area contributed by atoms with Gasteiger partial charge in [-0.1, -0.05) is 0 Å². The van der Waals surface area contributed by atoms with E-state index in [0.29, 0.717) is 19.8 Å². The first-order valence-corrected chi connectivity index (χ1v) is 5.86. The third-order valence-corrected chi connectivity index (χ3v) is 3.38. The lowest BCUT2D eigenvalue weighted by Gasteiger charge is -2.38. The minimum absolute atomic E-state index is 0.350. The smallest absolute Gasteiger partial charge is 0.121 e. The summed E-state index contributed by atoms with van der Waals surface area (Å²) in [5, 5.41) is 9.20. The highest BCUT2D eigenvalue weighted by molar-refractivity contribution is 5.79. The van der Waals surface area contributed by atoms with Gasteiger partial charge < -0.3 is 14.6 Å². The molecule has 1 aliphatic rings. The highest BCUT2D eigenvalue weighted by atomic mass is 16.5. The van der Waals surface area contributed by atoms with Crippen molar-refractivity contribution in [3.8, 4) is 6.07 Å². The lowest BCUT2D eigenvalue weighted by Crippen LogP contribution is -2.49. The van der Waals surface area contributed by atoms with Crippen molar-refractivity contribution >= 4 is 16.7 Å². The number of imidazole rings is 1. The Balaban J connectivity index is 1.83. The predicted octanol–water partition coefficient (Wildman–Crippen LogP) is 1.54. The second-order valence-electron chi connectivity index (χ2n) is 4.84. The number of nitrogens with one attached hydrogen (secondary N) is 1. The summed E-state index contributed by atoms with van der Waals surface area (Å²) in [4.78, 5) is 9.37. The Morgan fingerprint density at radius 3 is 3.06 bits per heavy atom. The van der Waals surface area contributed by atoms with Crippen molar-refractivity contribution in [1.82, 2.24) is 9.97 Å². The Morgan fingerprint density at radius 2 is 2.39 bits per heavy atom. The molecule has 2 aromatic rings. The van der Waals surface area contributed by atoms with Crippen LogP contribution in [0.15, 0.2) is 24.5 Å². The van der Waals surface area contributed by atoms with Crippen LogP contribution in [0.5, 0.6) is 0 Å². The molecule has 1 aliphatic heterocycles. The second kappa shape index (κ2) is 4.00. The minimum Gasteiger partial charge on any atom is -0.378 e. The molecule has 0 saturated carbocycles. The summed E-state index contributed by atoms with van der Waals surface area (Å²) in [5.74, 6) is 0. The first-order chi connectivity index (χ1) is 8.72. The standard InChI is InChI=1S/C13H14N4O/c1-17(6-13(5-14)7-18-8-13)10-2-3-11-12(4-10)16-9-15-11/h2-4,9H,6-8H2,1H3,(H,15,16). The SMILES string of the molecule is CN(CC1(C#N)COC1)c1ccc2nc[nH]c2c1. The summed E-state index contributed by atoms with van der Waals surface area (Å²) in [6.07, 6.45) is 1.69. The lowest BCUT2D eigenvalue weighted by atomic mass is 9.87. The van der Waals surface area contributed by atoms with Gasteiger partial charge in [-0.2, -0.15) is 5.26 Å². The molecular formula is C13H14N4O. The Hall–Kier alpha value is -2.06. The molecule has 0 aliphatic carbocycles. The predicted molar refractivity (Wildman–Crippen MR) is 68.2 cm³/mol. The van der Waals surface area contributed by atoms with Crippen LogP contribution in [0.25, 0.3) is 11.0 Å². The Bertz CT molecular complexity index is 609. The van der Waals surface area contributed by atoms with Gasteiger partial charge in [0.25, 0.3) is 0 Å². The molecule has 5 nitrogen and oxygen atoms in total. The highest BCUT2D eigenvalue weighted by Crippen LogP contribution is 2.29. The van der Waals surface area contributed by atoms with E-state index >= 15 is 0 Å². The van der Waals surface area contributed by atoms with Gasteiger partial charge in [0.2, 0.25) is 0 Å². The molecule has 3 rings (SSSR count). The van der Waals surface area contributed by atoms with Crippen LogP contribution in [0.4, 0.5) is 5.69 Å². The van der Waals surface area contributed by atoms with E-state index in [1.807, 2.05) is 25.2 Å². The Labute approximate surface area is 105 Å². The van der Waals surface area contributed by atoms with Crippen molar-refractivity contribution in [3.63, 3.8) is 0 Å². The third-order valence-electron chi connectivity index (χ3n) is 3.38. The number of anilines is 1. The van der Waals surface area contributed by atoms with Gasteiger partial charge in [0.05, 0.1) is 36.6 Å². The van der Waals surface area contributed by atoms with Crippen molar-refractivity contribution in [2.24, 2.45) is 5.41 Å². The average Bonchev–Trinajstić information content (AvgIpc) is 2.80. The number of aromatic nitrogens is 2. The van der Waals surface area contributed by atoms with Gasteiger partial charge in [-0.25, -0.2) is 4.98 Å². The average molecular weight is 242 g/mol. The van der Waals surface area contributed by atoms with Crippen LogP contribution in [0.3, 0.4) is 0 Å². The van der Waals surface area contributed by atoms with E-state index in [0.717, 1.165) is 16.7 Å². The molecule has 1 saturated heterocycles. The van der Waals surface area contributed by atoms with Gasteiger partial charge >= 0.3 is 0 Å². The topological polar surface area (TPSA) is 64.9 Å². The van der Waals surface area contributed by atoms with Crippen molar-refractivity contribution in [2.75, 3.05) is 31.7 Å². The van der Waals surface area contributed by atoms with Gasteiger partial charge in [0.15, 0.2) is 0 Å². The van der Waals surface area contributed by atoms with E-state index in [-0.39, 0.29) is 5.41 Å². The summed E-state index contributed by atoms with van der Waals surface area (Å²) in [6.45, 7) is 1.74. The largest absolute Gasteiger partial charge is 0.378 e. The molecule has 1 N–H and O–H groups in total. The monoisotopic (exact) mass is 242 g/mol. The van der Waals surface area contributed by atoms with E-state index in [2.05, 4.69) is 20.9 Å². The molecular weight excluding hydrogens is 228 g/mol. The highest BCUT2D eigenvalue weighted by Gasteiger charge is 2.40. The van der Waals surface area contributed by atoms with Crippen molar-refractivity contribution in [3.05, 3.63) is 24.5 Å². The zero-order chi connectivity index (χ0) is 12.6. The quantitative estimate of drug-likeness (QED) is 0.886. The maximum atomic E-state index is 9.20. The van der Waals surface area contributed by atoms with Crippen LogP contribution < -0.4 is 4.90 Å². The zero-order valence-corrected chi connectivity index (χ0v) is 10.2. The van der Waals surface area contributed by atoms with Gasteiger partial charge in [0.1, 0.15) is 5.41 Å². The van der Waals surface area contributed by atoms with Crippen molar-refractivity contribution in [2.45, 2.75) is 0 Å². The molecule has 2 heterocycles. The lowest BCUT2D eigenvalue weighted by molar-refractivity contribution is -0.0716. The number of hydrogen-bond donors (Lipinski definition) is 1. The summed E-state index contributed by atoms with van der Waals surface area (Å²) >= 11 is 0. The Morgan fingerprint density at radius 1 is 1.56 bits per heavy atom. The van der Waals surface area contributed by atoms with E-state index in [9.17, 15) is 5.26 Å². The van der Waals surface area contributed by atoms with Gasteiger partial charge in [0, 0.05) is 19.3 Å². The van der Waals surface area contributed by atoms with Gasteiger partial charge in [-0.15, -0.1) is 0 Å². The number of fused-ring (bicyclic) bond motifs is 1. The number of nitriles is 1. The van der Waals surface area contributed by atoms with Crippen LogP contribution >= 0.6 is 0 Å². The van der Waals surface area contributed by atoms with Crippen molar-refractivity contribution < 1.29 is 4.74 Å². The maximum absolute atomic E-state index is 9.20.